The first-order chi connectivity index (χ1) is 69.4. The van der Waals surface area contributed by atoms with Crippen molar-refractivity contribution in [3.63, 3.8) is 0 Å². The van der Waals surface area contributed by atoms with Crippen LogP contribution in [-0.2, 0) is 58.2 Å². The van der Waals surface area contributed by atoms with Gasteiger partial charge in [-0.15, -0.1) is 0 Å². The van der Waals surface area contributed by atoms with Crippen molar-refractivity contribution < 1.29 is 36.0 Å². The van der Waals surface area contributed by atoms with E-state index in [-0.39, 0.29) is 58.1 Å². The van der Waals surface area contributed by atoms with Crippen LogP contribution in [-0.4, -0.2) is 80.7 Å². The molecule has 0 atom stereocenters. The van der Waals surface area contributed by atoms with E-state index in [2.05, 4.69) is 76.0 Å². The van der Waals surface area contributed by atoms with Crippen LogP contribution in [0, 0.1) is 77.3 Å². The van der Waals surface area contributed by atoms with Crippen LogP contribution < -0.4 is 0 Å². The molecular weight excluding hydrogens is 1820 g/mol. The number of aryl methyl sites for hydroxylation is 7. The number of ketones is 4. The SMILES string of the molecule is Cc1ccc(C(=O)Cc2ccc3cc(-c4cccc(C#N)c4)ccc3n2)cc1C.Cc1cccc(C(=O)Cc2ccc3cc(-c4cccc(C#N)c4)ccc3n2)c1.Cn1cnc(S(=O)(=O)Cc2ccc3cc(-c4cccc(S(C)(=O)=O)c4)ccc3n2)c1.[C-]#[N+]c1ccc(-c2ccc3nc(CC(=O)c4ccc(C)c(C)c4)ccc3c2)cc1.[C-]#[N+]c1ccc(-c2ccc3nc(CC(=O)c4cccc(C)c4)ccc3c2)cc1. The molecule has 14 aromatic carbocycles. The van der Waals surface area contributed by atoms with Crippen molar-refractivity contribution in [3.8, 4) is 67.8 Å². The zero-order chi connectivity index (χ0) is 101. The lowest BCUT2D eigenvalue weighted by Crippen LogP contribution is -2.07. The topological polar surface area (TPSA) is 275 Å². The second-order valence-electron chi connectivity index (χ2n) is 35.4. The third-order valence-electron chi connectivity index (χ3n) is 24.7. The fourth-order valence-electron chi connectivity index (χ4n) is 16.5. The van der Waals surface area contributed by atoms with Crippen LogP contribution in [0.2, 0.25) is 0 Å². The molecule has 0 saturated heterocycles. The number of nitriles is 2. The van der Waals surface area contributed by atoms with Gasteiger partial charge in [0.05, 0.1) is 112 Å². The van der Waals surface area contributed by atoms with Gasteiger partial charge in [0.2, 0.25) is 9.84 Å². The van der Waals surface area contributed by atoms with Crippen molar-refractivity contribution in [2.24, 2.45) is 7.05 Å². The highest BCUT2D eigenvalue weighted by Gasteiger charge is 2.22. The van der Waals surface area contributed by atoms with E-state index in [0.29, 0.717) is 40.1 Å². The molecule has 19 nitrogen and oxygen atoms in total. The van der Waals surface area contributed by atoms with Crippen molar-refractivity contribution in [2.45, 2.75) is 82.9 Å². The van der Waals surface area contributed by atoms with E-state index in [1.165, 1.54) is 29.9 Å². The van der Waals surface area contributed by atoms with Gasteiger partial charge in [0.1, 0.15) is 0 Å². The number of aromatic nitrogens is 7. The molecule has 702 valence electrons. The number of carbonyl (C=O) groups is 4. The maximum atomic E-state index is 12.6. The molecule has 0 aliphatic rings. The molecular formula is C123H95N11O8S2. The number of Topliss-reactive ketones (excluding diaryl/α,β-unsaturated/α-hetero) is 4. The van der Waals surface area contributed by atoms with Crippen LogP contribution in [0.3, 0.4) is 0 Å². The Morgan fingerprint density at radius 1 is 0.319 bits per heavy atom. The molecule has 0 amide bonds. The molecule has 0 bridgehead atoms. The Balaban J connectivity index is 0.000000129. The average Bonchev–Trinajstić information content (AvgIpc) is 1.03. The molecule has 0 saturated carbocycles. The predicted octanol–water partition coefficient (Wildman–Crippen LogP) is 27.0. The minimum atomic E-state index is -3.58. The van der Waals surface area contributed by atoms with E-state index >= 15 is 0 Å². The van der Waals surface area contributed by atoms with Crippen LogP contribution in [0.5, 0.6) is 0 Å². The number of imidazole rings is 1. The van der Waals surface area contributed by atoms with Gasteiger partial charge in [0, 0.05) is 91.5 Å². The van der Waals surface area contributed by atoms with Gasteiger partial charge in [-0.25, -0.2) is 31.5 Å². The average molecular weight is 1920 g/mol. The summed E-state index contributed by atoms with van der Waals surface area (Å²) < 4.78 is 50.3. The first-order valence-electron chi connectivity index (χ1n) is 46.3. The molecule has 144 heavy (non-hydrogen) atoms. The number of hydrogen-bond donors (Lipinski definition) is 0. The van der Waals surface area contributed by atoms with E-state index in [1.807, 2.05) is 333 Å². The van der Waals surface area contributed by atoms with E-state index < -0.39 is 19.7 Å². The molecule has 0 aliphatic carbocycles. The number of benzene rings is 14. The minimum Gasteiger partial charge on any atom is -0.339 e. The van der Waals surface area contributed by atoms with Crippen molar-refractivity contribution in [2.75, 3.05) is 6.26 Å². The van der Waals surface area contributed by atoms with Crippen molar-refractivity contribution in [3.05, 3.63) is 489 Å². The van der Waals surface area contributed by atoms with Crippen LogP contribution in [0.25, 0.3) is 120 Å². The van der Waals surface area contributed by atoms with Gasteiger partial charge in [0.25, 0.3) is 0 Å². The predicted molar refractivity (Wildman–Crippen MR) is 571 cm³/mol. The zero-order valence-electron chi connectivity index (χ0n) is 80.3. The van der Waals surface area contributed by atoms with Gasteiger partial charge in [-0.2, -0.15) is 10.5 Å². The molecule has 21 heteroatoms. The number of pyridine rings is 5. The Labute approximate surface area is 836 Å². The fraction of sp³-hybridized carbons (Fsp3) is 0.106. The Bertz CT molecular complexity index is 8850. The third-order valence-corrected chi connectivity index (χ3v) is 27.3. The summed E-state index contributed by atoms with van der Waals surface area (Å²) in [5, 5.41) is 23.1. The Morgan fingerprint density at radius 3 is 0.944 bits per heavy atom. The quantitative estimate of drug-likeness (QED) is 0.0477. The van der Waals surface area contributed by atoms with Crippen molar-refractivity contribution >= 4 is 109 Å². The van der Waals surface area contributed by atoms with E-state index in [4.69, 9.17) is 23.7 Å². The van der Waals surface area contributed by atoms with Crippen LogP contribution >= 0.6 is 0 Å². The molecule has 0 aliphatic heterocycles. The minimum absolute atomic E-state index is 0.0213. The Morgan fingerprint density at radius 2 is 0.625 bits per heavy atom. The second kappa shape index (κ2) is 44.3. The van der Waals surface area contributed by atoms with Crippen LogP contribution in [0.4, 0.5) is 11.4 Å². The highest BCUT2D eigenvalue weighted by molar-refractivity contribution is 7.91. The molecule has 0 unspecified atom stereocenters. The maximum absolute atomic E-state index is 12.6. The number of fused-ring (bicyclic) bond motifs is 5. The highest BCUT2D eigenvalue weighted by Crippen LogP contribution is 2.34. The largest absolute Gasteiger partial charge is 0.339 e. The molecule has 20 aromatic rings. The summed E-state index contributed by atoms with van der Waals surface area (Å²) in [7, 11) is -5.17. The summed E-state index contributed by atoms with van der Waals surface area (Å²) in [5.41, 5.74) is 29.8. The molecule has 6 aromatic heterocycles. The second-order valence-corrected chi connectivity index (χ2v) is 39.4. The first kappa shape index (κ1) is 98.9. The van der Waals surface area contributed by atoms with Gasteiger partial charge in [-0.1, -0.05) is 217 Å². The standard InChI is InChI=1S/2C26H20N2O.2C25H18N2O.C21H19N3O4S2/c1-17-4-5-22(14-18(17)2)26(29)16-24-12-8-21-15-20(9-13-25(21)28-24)19-6-10-23(27-3)11-7-19;1-17-6-7-23(12-18(17)2)26(29)15-24-10-8-22-14-21(9-11-25(22)28-24)20-5-3-4-19(13-20)16-27;1-17-4-3-5-21(14-17)25(28)16-23-12-8-20-15-19(9-13-24(20)27-23)18-6-10-22(26-2)11-7-18;1-17-4-2-7-22(12-17)25(28)15-23-10-8-21-14-20(9-11-24(21)27-23)19-6-3-5-18(13-19)16-26;1-24-12-21(22-14-24)30(27,28)13-18-8-6-17-10-16(7-9-20(17)23-18)15-4-3-5-19(11-15)29(2,25)26/h4-15H,16H2,1-2H3;3-14H,15H2,1-2H3;3-15H,16H2,1H3;2-14H,15H2,1H3;3-12,14H,13H2,1-2H3. The molecule has 20 rings (SSSR count). The number of nitrogens with zero attached hydrogens (tertiary/aromatic N) is 11. The Kier molecular flexibility index (Phi) is 30.5. The van der Waals surface area contributed by atoms with Crippen molar-refractivity contribution in [1.82, 2.24) is 34.5 Å². The van der Waals surface area contributed by atoms with Gasteiger partial charge >= 0.3 is 0 Å². The molecule has 0 spiro atoms. The number of rotatable bonds is 21. The molecule has 0 radical (unpaired) electrons. The summed E-state index contributed by atoms with van der Waals surface area (Å²) in [6.45, 7) is 26.2. The molecule has 0 fully saturated rings. The molecule has 0 N–H and O–H groups in total. The van der Waals surface area contributed by atoms with Crippen LogP contribution in [0.1, 0.15) is 114 Å². The number of sulfone groups is 2. The maximum Gasteiger partial charge on any atom is 0.202 e. The fourth-order valence-corrected chi connectivity index (χ4v) is 18.4. The van der Waals surface area contributed by atoms with E-state index in [1.54, 1.807) is 54.1 Å². The zero-order valence-corrected chi connectivity index (χ0v) is 81.9. The number of hydrogen-bond acceptors (Lipinski definition) is 16. The van der Waals surface area contributed by atoms with Crippen LogP contribution in [0.15, 0.2) is 380 Å². The summed E-state index contributed by atoms with van der Waals surface area (Å²) in [5.74, 6) is 0.0619. The highest BCUT2D eigenvalue weighted by atomic mass is 32.2. The first-order valence-corrected chi connectivity index (χ1v) is 49.8. The lowest BCUT2D eigenvalue weighted by atomic mass is 10.00. The van der Waals surface area contributed by atoms with Gasteiger partial charge in [-0.3, -0.25) is 44.1 Å². The summed E-state index contributed by atoms with van der Waals surface area (Å²) in [4.78, 5) is 84.6. The van der Waals surface area contributed by atoms with Gasteiger partial charge in [0.15, 0.2) is 49.4 Å². The third kappa shape index (κ3) is 24.9. The smallest absolute Gasteiger partial charge is 0.202 e. The lowest BCUT2D eigenvalue weighted by molar-refractivity contribution is 0.0983. The van der Waals surface area contributed by atoms with E-state index in [9.17, 15) is 36.0 Å². The normalized spacial score (nSPS) is 11.0. The van der Waals surface area contributed by atoms with E-state index in [0.717, 1.165) is 172 Å². The number of carbonyl (C=O) groups excluding carboxylic acids is 4. The monoisotopic (exact) mass is 1920 g/mol. The molecule has 6 heterocycles. The van der Waals surface area contributed by atoms with Crippen molar-refractivity contribution in [1.29, 1.82) is 10.5 Å². The summed E-state index contributed by atoms with van der Waals surface area (Å²) in [6, 6.07) is 117. The lowest BCUT2D eigenvalue weighted by Gasteiger charge is -2.07. The van der Waals surface area contributed by atoms with Gasteiger partial charge in [-0.05, 0) is 271 Å². The summed E-state index contributed by atoms with van der Waals surface area (Å²) >= 11 is 0. The summed E-state index contributed by atoms with van der Waals surface area (Å²) in [6.07, 6.45) is 5.23. The van der Waals surface area contributed by atoms with Gasteiger partial charge < -0.3 is 4.57 Å². The Hall–Kier alpha value is -18.1.